The summed E-state index contributed by atoms with van der Waals surface area (Å²) in [7, 11) is 0. The Kier molecular flexibility index (Phi) is 14.8. The highest BCUT2D eigenvalue weighted by molar-refractivity contribution is 6.03. The van der Waals surface area contributed by atoms with Gasteiger partial charge < -0.3 is 14.6 Å². The highest BCUT2D eigenvalue weighted by Crippen LogP contribution is 2.37. The van der Waals surface area contributed by atoms with Crippen LogP contribution in [0.4, 0.5) is 26.3 Å². The van der Waals surface area contributed by atoms with Gasteiger partial charge in [-0.2, -0.15) is 26.3 Å². The zero-order valence-electron chi connectivity index (χ0n) is 37.5. The van der Waals surface area contributed by atoms with E-state index in [1.54, 1.807) is 92.7 Å². The number of halogens is 6. The van der Waals surface area contributed by atoms with E-state index in [0.717, 1.165) is 46.5 Å². The summed E-state index contributed by atoms with van der Waals surface area (Å²) in [4.78, 5) is 49.0. The van der Waals surface area contributed by atoms with Crippen LogP contribution in [0.15, 0.2) is 121 Å². The highest BCUT2D eigenvalue weighted by Gasteiger charge is 2.35. The van der Waals surface area contributed by atoms with Gasteiger partial charge in [0.15, 0.2) is 23.1 Å². The predicted octanol–water partition coefficient (Wildman–Crippen LogP) is 12.1. The smallest absolute Gasteiger partial charge is 0.416 e. The lowest BCUT2D eigenvalue weighted by atomic mass is 9.93. The first-order valence-corrected chi connectivity index (χ1v) is 22.1. The first kappa shape index (κ1) is 49.1. The Morgan fingerprint density at radius 2 is 0.941 bits per heavy atom. The lowest BCUT2D eigenvalue weighted by molar-refractivity contribution is -0.138. The van der Waals surface area contributed by atoms with Gasteiger partial charge in [-0.15, -0.1) is 0 Å². The lowest BCUT2D eigenvalue weighted by Crippen LogP contribution is -2.13. The summed E-state index contributed by atoms with van der Waals surface area (Å²) in [6.45, 7) is 5.10. The standard InChI is InChI=1S/C28H25F3O3.C27H23F3O4/c1-3-26(32)20-6-4-18(5-7-20)16-34-24-8-9-25-21(15-24)14-22(27(25)33)12-19-10-17(2)11-23(13-19)28(29,30)31;1-16-8-18(11-22(9-16)27(28,29)30)10-21-12-20-13-23(6-7-24(20)26(21)33)34-15-17-2-4-19(5-3-17)25(32)14-31/h4-11,13,15,22H,3,12,14,16H2,1-2H3;2-9,11,13,21,31H,10,12,14-15H2,1H3. The predicted molar refractivity (Wildman–Crippen MR) is 243 cm³/mol. The molecule has 6 aromatic carbocycles. The molecule has 7 nitrogen and oxygen atoms in total. The Bertz CT molecular complexity index is 2650. The quantitative estimate of drug-likeness (QED) is 0.0856. The van der Waals surface area contributed by atoms with Crippen molar-refractivity contribution < 1.29 is 60.1 Å². The highest BCUT2D eigenvalue weighted by atomic mass is 19.4. The van der Waals surface area contributed by atoms with E-state index < -0.39 is 41.9 Å². The fourth-order valence-corrected chi connectivity index (χ4v) is 8.68. The third-order valence-electron chi connectivity index (χ3n) is 12.1. The topological polar surface area (TPSA) is 107 Å². The molecule has 2 aliphatic rings. The Labute approximate surface area is 389 Å². The molecule has 6 aromatic rings. The van der Waals surface area contributed by atoms with Crippen molar-refractivity contribution in [1.29, 1.82) is 0 Å². The molecule has 0 aromatic heterocycles. The zero-order valence-corrected chi connectivity index (χ0v) is 37.5. The van der Waals surface area contributed by atoms with Gasteiger partial charge in [0.2, 0.25) is 0 Å². The number of rotatable bonds is 14. The zero-order chi connectivity index (χ0) is 48.9. The molecule has 0 radical (unpaired) electrons. The second-order valence-corrected chi connectivity index (χ2v) is 17.3. The van der Waals surface area contributed by atoms with Crippen LogP contribution in [-0.4, -0.2) is 34.8 Å². The maximum absolute atomic E-state index is 13.2. The number of aliphatic hydroxyl groups excluding tert-OH is 1. The molecule has 1 N–H and O–H groups in total. The number of Topliss-reactive ketones (excluding diaryl/α,β-unsaturated/α-hetero) is 4. The van der Waals surface area contributed by atoms with Crippen molar-refractivity contribution in [2.24, 2.45) is 11.8 Å². The Morgan fingerprint density at radius 3 is 1.31 bits per heavy atom. The molecular weight excluding hydrogens is 887 g/mol. The largest absolute Gasteiger partial charge is 0.489 e. The number of alkyl halides is 6. The van der Waals surface area contributed by atoms with E-state index >= 15 is 0 Å². The monoisotopic (exact) mass is 934 g/mol. The normalized spacial score (nSPS) is 15.3. The minimum Gasteiger partial charge on any atom is -0.489 e. The van der Waals surface area contributed by atoms with Crippen LogP contribution >= 0.6 is 0 Å². The van der Waals surface area contributed by atoms with E-state index in [9.17, 15) is 45.5 Å². The average Bonchev–Trinajstić information content (AvgIpc) is 3.79. The van der Waals surface area contributed by atoms with Crippen LogP contribution in [0.3, 0.4) is 0 Å². The van der Waals surface area contributed by atoms with Crippen LogP contribution in [0.1, 0.15) is 110 Å². The molecule has 2 unspecified atom stereocenters. The van der Waals surface area contributed by atoms with Crippen LogP contribution in [0.25, 0.3) is 0 Å². The Balaban J connectivity index is 0.000000201. The molecule has 0 bridgehead atoms. The molecule has 0 saturated heterocycles. The lowest BCUT2D eigenvalue weighted by Gasteiger charge is -2.13. The summed E-state index contributed by atoms with van der Waals surface area (Å²) in [6.07, 6.45) is -6.97. The fraction of sp³-hybridized carbons (Fsp3) is 0.273. The number of fused-ring (bicyclic) bond motifs is 2. The van der Waals surface area contributed by atoms with Crippen molar-refractivity contribution in [2.45, 2.75) is 78.4 Å². The molecule has 0 heterocycles. The van der Waals surface area contributed by atoms with E-state index in [4.69, 9.17) is 14.6 Å². The van der Waals surface area contributed by atoms with Crippen molar-refractivity contribution in [1.82, 2.24) is 0 Å². The minimum absolute atomic E-state index is 0.0483. The summed E-state index contributed by atoms with van der Waals surface area (Å²) < 4.78 is 90.7. The van der Waals surface area contributed by atoms with Crippen LogP contribution in [0.2, 0.25) is 0 Å². The molecule has 2 atom stereocenters. The molecule has 352 valence electrons. The van der Waals surface area contributed by atoms with E-state index in [0.29, 0.717) is 81.9 Å². The molecular formula is C55H48F6O7. The number of aryl methyl sites for hydroxylation is 2. The van der Waals surface area contributed by atoms with Crippen molar-refractivity contribution in [3.63, 3.8) is 0 Å². The average molecular weight is 935 g/mol. The molecule has 2 aliphatic carbocycles. The molecule has 0 amide bonds. The molecule has 13 heteroatoms. The van der Waals surface area contributed by atoms with Crippen molar-refractivity contribution in [2.75, 3.05) is 6.61 Å². The summed E-state index contributed by atoms with van der Waals surface area (Å²) in [5, 5.41) is 8.92. The molecule has 0 spiro atoms. The second-order valence-electron chi connectivity index (χ2n) is 17.3. The molecule has 0 saturated carbocycles. The van der Waals surface area contributed by atoms with E-state index in [1.807, 2.05) is 25.1 Å². The number of hydrogen-bond donors (Lipinski definition) is 1. The summed E-state index contributed by atoms with van der Waals surface area (Å²) in [5.74, 6) is 0.0136. The first-order chi connectivity index (χ1) is 32.3. The second kappa shape index (κ2) is 20.6. The van der Waals surface area contributed by atoms with Crippen molar-refractivity contribution in [3.8, 4) is 11.5 Å². The molecule has 0 fully saturated rings. The number of ether oxygens (including phenoxy) is 2. The van der Waals surface area contributed by atoms with Crippen LogP contribution in [0, 0.1) is 25.7 Å². The van der Waals surface area contributed by atoms with Gasteiger partial charge >= 0.3 is 12.4 Å². The number of benzene rings is 6. The van der Waals surface area contributed by atoms with Gasteiger partial charge in [0.1, 0.15) is 31.3 Å². The van der Waals surface area contributed by atoms with E-state index in [2.05, 4.69) is 0 Å². The van der Waals surface area contributed by atoms with E-state index in [1.165, 1.54) is 0 Å². The molecule has 68 heavy (non-hydrogen) atoms. The number of hydrogen-bond acceptors (Lipinski definition) is 7. The van der Waals surface area contributed by atoms with Gasteiger partial charge in [0.25, 0.3) is 0 Å². The molecule has 8 rings (SSSR count). The van der Waals surface area contributed by atoms with Gasteiger partial charge in [-0.05, 0) is 134 Å². The third kappa shape index (κ3) is 12.0. The Morgan fingerprint density at radius 1 is 0.544 bits per heavy atom. The minimum atomic E-state index is -4.43. The maximum Gasteiger partial charge on any atom is 0.416 e. The third-order valence-corrected chi connectivity index (χ3v) is 12.1. The van der Waals surface area contributed by atoms with Gasteiger partial charge in [0, 0.05) is 40.5 Å². The SMILES string of the molecule is CCC(=O)c1ccc(COc2ccc3c(c2)CC(Cc2cc(C)cc(C(F)(F)F)c2)C3=O)cc1.Cc1cc(CC2Cc3cc(OCc4ccc(C(=O)CO)cc4)ccc3C2=O)cc(C(F)(F)F)c1. The van der Waals surface area contributed by atoms with Crippen LogP contribution in [0.5, 0.6) is 11.5 Å². The summed E-state index contributed by atoms with van der Waals surface area (Å²) in [6, 6.07) is 32.4. The van der Waals surface area contributed by atoms with Gasteiger partial charge in [-0.25, -0.2) is 0 Å². The number of carbonyl (C=O) groups is 4. The summed E-state index contributed by atoms with van der Waals surface area (Å²) in [5.41, 5.74) is 6.35. The fourth-order valence-electron chi connectivity index (χ4n) is 8.68. The van der Waals surface area contributed by atoms with Crippen molar-refractivity contribution >= 4 is 23.1 Å². The van der Waals surface area contributed by atoms with Gasteiger partial charge in [0.05, 0.1) is 11.1 Å². The first-order valence-electron chi connectivity index (χ1n) is 22.1. The Hall–Kier alpha value is -6.86. The van der Waals surface area contributed by atoms with E-state index in [-0.39, 0.29) is 42.6 Å². The summed E-state index contributed by atoms with van der Waals surface area (Å²) >= 11 is 0. The number of carbonyl (C=O) groups excluding carboxylic acids is 4. The van der Waals surface area contributed by atoms with Gasteiger partial charge in [-0.3, -0.25) is 19.2 Å². The number of ketones is 4. The van der Waals surface area contributed by atoms with Crippen molar-refractivity contribution in [3.05, 3.63) is 199 Å². The van der Waals surface area contributed by atoms with Crippen LogP contribution in [-0.2, 0) is 51.2 Å². The van der Waals surface area contributed by atoms with Gasteiger partial charge in [-0.1, -0.05) is 78.7 Å². The maximum atomic E-state index is 13.2. The molecule has 0 aliphatic heterocycles. The van der Waals surface area contributed by atoms with Crippen LogP contribution < -0.4 is 9.47 Å². The number of aliphatic hydroxyl groups is 1.